The number of ether oxygens (including phenoxy) is 1. The molecule has 1 amide bonds. The van der Waals surface area contributed by atoms with Gasteiger partial charge in [0, 0.05) is 35.4 Å². The minimum Gasteiger partial charge on any atom is -0.474 e. The van der Waals surface area contributed by atoms with Crippen LogP contribution in [-0.4, -0.2) is 33.4 Å². The molecular formula is C19H20BrN3O2. The molecule has 2 aromatic rings. The second kappa shape index (κ2) is 7.12. The van der Waals surface area contributed by atoms with Crippen molar-refractivity contribution in [2.45, 2.75) is 44.8 Å². The van der Waals surface area contributed by atoms with Crippen LogP contribution in [0.5, 0.6) is 5.88 Å². The Kier molecular flexibility index (Phi) is 4.70. The van der Waals surface area contributed by atoms with E-state index < -0.39 is 0 Å². The molecule has 0 N–H and O–H groups in total. The van der Waals surface area contributed by atoms with Crippen molar-refractivity contribution in [1.29, 1.82) is 0 Å². The van der Waals surface area contributed by atoms with Gasteiger partial charge in [0.15, 0.2) is 0 Å². The lowest BCUT2D eigenvalue weighted by molar-refractivity contribution is 0.0722. The van der Waals surface area contributed by atoms with Gasteiger partial charge in [-0.2, -0.15) is 0 Å². The van der Waals surface area contributed by atoms with Gasteiger partial charge in [-0.05, 0) is 53.7 Å². The van der Waals surface area contributed by atoms with E-state index >= 15 is 0 Å². The Morgan fingerprint density at radius 1 is 1.28 bits per heavy atom. The molecule has 5 nitrogen and oxygen atoms in total. The van der Waals surface area contributed by atoms with Gasteiger partial charge < -0.3 is 9.64 Å². The van der Waals surface area contributed by atoms with Crippen molar-refractivity contribution >= 4 is 21.8 Å². The molecule has 0 unspecified atom stereocenters. The van der Waals surface area contributed by atoms with E-state index in [1.807, 2.05) is 23.1 Å². The highest BCUT2D eigenvalue weighted by atomic mass is 79.9. The number of rotatable bonds is 4. The summed E-state index contributed by atoms with van der Waals surface area (Å²) in [6.45, 7) is 1.18. The number of pyridine rings is 2. The molecule has 6 heteroatoms. The van der Waals surface area contributed by atoms with Crippen molar-refractivity contribution in [3.05, 3.63) is 51.9 Å². The van der Waals surface area contributed by atoms with Crippen LogP contribution in [0.4, 0.5) is 0 Å². The predicted molar refractivity (Wildman–Crippen MR) is 97.5 cm³/mol. The van der Waals surface area contributed by atoms with Crippen molar-refractivity contribution < 1.29 is 9.53 Å². The number of nitrogens with zero attached hydrogens (tertiary/aromatic N) is 3. The minimum absolute atomic E-state index is 0.0192. The van der Waals surface area contributed by atoms with Gasteiger partial charge in [-0.15, -0.1) is 0 Å². The van der Waals surface area contributed by atoms with Gasteiger partial charge in [-0.3, -0.25) is 9.78 Å². The molecule has 2 aromatic heterocycles. The smallest absolute Gasteiger partial charge is 0.256 e. The first kappa shape index (κ1) is 16.5. The van der Waals surface area contributed by atoms with Crippen LogP contribution in [0.1, 0.15) is 47.3 Å². The van der Waals surface area contributed by atoms with E-state index in [2.05, 4.69) is 25.9 Å². The molecule has 0 saturated heterocycles. The fraction of sp³-hybridized carbons (Fsp3) is 0.421. The molecule has 25 heavy (non-hydrogen) atoms. The molecule has 0 aromatic carbocycles. The summed E-state index contributed by atoms with van der Waals surface area (Å²) in [6, 6.07) is 5.76. The maximum Gasteiger partial charge on any atom is 0.256 e. The fourth-order valence-corrected chi connectivity index (χ4v) is 3.87. The van der Waals surface area contributed by atoms with Gasteiger partial charge in [0.25, 0.3) is 5.91 Å². The number of hydrogen-bond acceptors (Lipinski definition) is 4. The molecule has 0 radical (unpaired) electrons. The third-order valence-corrected chi connectivity index (χ3v) is 5.30. The molecule has 4 rings (SSSR count). The Morgan fingerprint density at radius 2 is 2.12 bits per heavy atom. The summed E-state index contributed by atoms with van der Waals surface area (Å²) in [5.74, 6) is 0.686. The average molecular weight is 402 g/mol. The van der Waals surface area contributed by atoms with Crippen LogP contribution < -0.4 is 4.74 Å². The number of aromatic nitrogens is 2. The van der Waals surface area contributed by atoms with Crippen LogP contribution in [-0.2, 0) is 13.0 Å². The number of carbonyl (C=O) groups excluding carboxylic acids is 1. The van der Waals surface area contributed by atoms with Gasteiger partial charge in [0.2, 0.25) is 5.88 Å². The van der Waals surface area contributed by atoms with Crippen molar-refractivity contribution in [3.63, 3.8) is 0 Å². The number of fused-ring (bicyclic) bond motifs is 1. The van der Waals surface area contributed by atoms with E-state index in [1.54, 1.807) is 12.4 Å². The summed E-state index contributed by atoms with van der Waals surface area (Å²) >= 11 is 3.40. The zero-order chi connectivity index (χ0) is 17.2. The molecule has 130 valence electrons. The molecule has 0 spiro atoms. The summed E-state index contributed by atoms with van der Waals surface area (Å²) in [4.78, 5) is 23.5. The van der Waals surface area contributed by atoms with Crippen molar-refractivity contribution in [2.75, 3.05) is 6.54 Å². The highest BCUT2D eigenvalue weighted by molar-refractivity contribution is 9.10. The topological polar surface area (TPSA) is 55.3 Å². The van der Waals surface area contributed by atoms with E-state index in [1.165, 1.54) is 12.8 Å². The van der Waals surface area contributed by atoms with Gasteiger partial charge in [-0.25, -0.2) is 4.98 Å². The van der Waals surface area contributed by atoms with Crippen LogP contribution >= 0.6 is 15.9 Å². The molecule has 0 bridgehead atoms. The van der Waals surface area contributed by atoms with Crippen LogP contribution in [0.3, 0.4) is 0 Å². The Morgan fingerprint density at radius 3 is 2.96 bits per heavy atom. The second-order valence-corrected chi connectivity index (χ2v) is 7.53. The quantitative estimate of drug-likeness (QED) is 0.782. The maximum atomic E-state index is 12.8. The standard InChI is InChI=1S/C19H20BrN3O2/c20-14-10-16-17(22-11-14)7-9-23(19(16)24)12-13-4-3-8-21-18(13)25-15-5-1-2-6-15/h3-4,8,10-11,15H,1-2,5-7,9,12H2. The van der Waals surface area contributed by atoms with Crippen molar-refractivity contribution in [1.82, 2.24) is 14.9 Å². The minimum atomic E-state index is 0.0192. The van der Waals surface area contributed by atoms with Gasteiger partial charge in [-0.1, -0.05) is 6.07 Å². The third kappa shape index (κ3) is 3.54. The Hall–Kier alpha value is -1.95. The van der Waals surface area contributed by atoms with E-state index in [4.69, 9.17) is 4.74 Å². The van der Waals surface area contributed by atoms with Crippen molar-refractivity contribution in [3.8, 4) is 5.88 Å². The van der Waals surface area contributed by atoms with E-state index in [9.17, 15) is 4.79 Å². The monoisotopic (exact) mass is 401 g/mol. The number of halogens is 1. The summed E-state index contributed by atoms with van der Waals surface area (Å²) in [6.07, 6.45) is 9.14. The molecule has 1 aliphatic heterocycles. The predicted octanol–water partition coefficient (Wildman–Crippen LogP) is 3.76. The molecular weight excluding hydrogens is 382 g/mol. The van der Waals surface area contributed by atoms with Gasteiger partial charge in [0.05, 0.1) is 17.8 Å². The maximum absolute atomic E-state index is 12.8. The summed E-state index contributed by atoms with van der Waals surface area (Å²) < 4.78 is 6.93. The number of amides is 1. The lowest BCUT2D eigenvalue weighted by Crippen LogP contribution is -2.37. The lowest BCUT2D eigenvalue weighted by atomic mass is 10.0. The van der Waals surface area contributed by atoms with Crippen molar-refractivity contribution in [2.24, 2.45) is 0 Å². The van der Waals surface area contributed by atoms with Gasteiger partial charge >= 0.3 is 0 Å². The average Bonchev–Trinajstić information content (AvgIpc) is 3.12. The Labute approximate surface area is 155 Å². The molecule has 0 atom stereocenters. The summed E-state index contributed by atoms with van der Waals surface area (Å²) in [5.41, 5.74) is 2.52. The molecule has 3 heterocycles. The van der Waals surface area contributed by atoms with Crippen LogP contribution in [0.25, 0.3) is 0 Å². The zero-order valence-corrected chi connectivity index (χ0v) is 15.5. The highest BCUT2D eigenvalue weighted by Gasteiger charge is 2.27. The van der Waals surface area contributed by atoms with Crippen LogP contribution in [0.15, 0.2) is 35.1 Å². The zero-order valence-electron chi connectivity index (χ0n) is 13.9. The Bertz CT molecular complexity index is 790. The highest BCUT2D eigenvalue weighted by Crippen LogP contribution is 2.27. The number of hydrogen-bond donors (Lipinski definition) is 0. The SMILES string of the molecule is O=C1c2cc(Br)cnc2CCN1Cc1cccnc1OC1CCCC1. The molecule has 2 aliphatic rings. The first-order valence-corrected chi connectivity index (χ1v) is 9.54. The van der Waals surface area contributed by atoms with E-state index in [0.717, 1.165) is 35.0 Å². The first-order valence-electron chi connectivity index (χ1n) is 8.75. The third-order valence-electron chi connectivity index (χ3n) is 4.86. The summed E-state index contributed by atoms with van der Waals surface area (Å²) in [7, 11) is 0. The van der Waals surface area contributed by atoms with Crippen LogP contribution in [0, 0.1) is 0 Å². The lowest BCUT2D eigenvalue weighted by Gasteiger charge is -2.28. The van der Waals surface area contributed by atoms with Gasteiger partial charge in [0.1, 0.15) is 6.10 Å². The van der Waals surface area contributed by atoms with E-state index in [0.29, 0.717) is 24.5 Å². The van der Waals surface area contributed by atoms with E-state index in [-0.39, 0.29) is 12.0 Å². The van der Waals surface area contributed by atoms with Crippen LogP contribution in [0.2, 0.25) is 0 Å². The molecule has 1 aliphatic carbocycles. The second-order valence-electron chi connectivity index (χ2n) is 6.62. The summed E-state index contributed by atoms with van der Waals surface area (Å²) in [5, 5.41) is 0. The normalized spacial score (nSPS) is 17.6. The largest absolute Gasteiger partial charge is 0.474 e. The first-order chi connectivity index (χ1) is 12.2. The Balaban J connectivity index is 1.53. The fourth-order valence-electron chi connectivity index (χ4n) is 3.54. The molecule has 1 saturated carbocycles. The number of carbonyl (C=O) groups is 1. The molecule has 1 fully saturated rings.